The molecule has 1 heterocycles. The average molecular weight is 281 g/mol. The summed E-state index contributed by atoms with van der Waals surface area (Å²) >= 11 is 1.55. The predicted molar refractivity (Wildman–Crippen MR) is 75.4 cm³/mol. The van der Waals surface area contributed by atoms with E-state index in [0.29, 0.717) is 10.6 Å². The van der Waals surface area contributed by atoms with Crippen LogP contribution in [-0.2, 0) is 22.0 Å². The number of sulfone groups is 1. The Bertz CT molecular complexity index is 627. The lowest BCUT2D eigenvalue weighted by Gasteiger charge is -2.03. The number of rotatable bonds is 4. The molecule has 0 spiro atoms. The third-order valence-electron chi connectivity index (χ3n) is 2.64. The molecule has 1 aromatic carbocycles. The highest BCUT2D eigenvalue weighted by atomic mass is 32.2. The van der Waals surface area contributed by atoms with Crippen molar-refractivity contribution in [2.45, 2.75) is 24.0 Å². The minimum absolute atomic E-state index is 0.0571. The van der Waals surface area contributed by atoms with Gasteiger partial charge in [0.15, 0.2) is 9.84 Å². The lowest BCUT2D eigenvalue weighted by atomic mass is 10.3. The zero-order chi connectivity index (χ0) is 13.2. The van der Waals surface area contributed by atoms with Crippen molar-refractivity contribution in [3.63, 3.8) is 0 Å². The standard InChI is InChI=1S/C13H15NO2S2/c1-2-11-5-6-12(17-11)9-18(15,16)13-7-3-10(14)4-8-13/h3-8H,2,9,14H2,1H3. The van der Waals surface area contributed by atoms with Gasteiger partial charge in [-0.3, -0.25) is 0 Å². The molecule has 0 saturated heterocycles. The summed E-state index contributed by atoms with van der Waals surface area (Å²) in [6, 6.07) is 10.2. The fourth-order valence-electron chi connectivity index (χ4n) is 1.64. The maximum absolute atomic E-state index is 12.2. The third kappa shape index (κ3) is 2.91. The molecule has 0 bridgehead atoms. The van der Waals surface area contributed by atoms with Crippen molar-refractivity contribution in [2.24, 2.45) is 0 Å². The molecule has 5 heteroatoms. The first-order valence-corrected chi connectivity index (χ1v) is 8.14. The van der Waals surface area contributed by atoms with E-state index in [2.05, 4.69) is 6.92 Å². The molecule has 0 fully saturated rings. The summed E-state index contributed by atoms with van der Waals surface area (Å²) in [6.45, 7) is 2.06. The Kier molecular flexibility index (Phi) is 3.73. The van der Waals surface area contributed by atoms with Crippen molar-refractivity contribution in [3.8, 4) is 0 Å². The zero-order valence-electron chi connectivity index (χ0n) is 10.1. The van der Waals surface area contributed by atoms with Crippen LogP contribution in [0.5, 0.6) is 0 Å². The minimum Gasteiger partial charge on any atom is -0.399 e. The van der Waals surface area contributed by atoms with Crippen molar-refractivity contribution < 1.29 is 8.42 Å². The van der Waals surface area contributed by atoms with Crippen LogP contribution in [0.1, 0.15) is 16.7 Å². The highest BCUT2D eigenvalue weighted by molar-refractivity contribution is 7.90. The first-order chi connectivity index (χ1) is 8.51. The molecular formula is C13H15NO2S2. The van der Waals surface area contributed by atoms with E-state index in [4.69, 9.17) is 5.73 Å². The Morgan fingerprint density at radius 1 is 1.06 bits per heavy atom. The number of nitrogens with two attached hydrogens (primary N) is 1. The van der Waals surface area contributed by atoms with Crippen LogP contribution in [-0.4, -0.2) is 8.42 Å². The van der Waals surface area contributed by atoms with Gasteiger partial charge in [0, 0.05) is 15.4 Å². The second kappa shape index (κ2) is 5.12. The molecule has 0 radical (unpaired) electrons. The third-order valence-corrected chi connectivity index (χ3v) is 5.73. The fourth-order valence-corrected chi connectivity index (χ4v) is 4.28. The summed E-state index contributed by atoms with van der Waals surface area (Å²) in [5, 5.41) is 0. The van der Waals surface area contributed by atoms with E-state index < -0.39 is 9.84 Å². The summed E-state index contributed by atoms with van der Waals surface area (Å²) in [5.41, 5.74) is 6.12. The summed E-state index contributed by atoms with van der Waals surface area (Å²) < 4.78 is 24.4. The van der Waals surface area contributed by atoms with Gasteiger partial charge in [-0.2, -0.15) is 0 Å². The van der Waals surface area contributed by atoms with E-state index in [0.717, 1.165) is 11.3 Å². The van der Waals surface area contributed by atoms with Crippen LogP contribution < -0.4 is 5.73 Å². The largest absolute Gasteiger partial charge is 0.399 e. The second-order valence-electron chi connectivity index (χ2n) is 4.05. The maximum Gasteiger partial charge on any atom is 0.183 e. The van der Waals surface area contributed by atoms with Gasteiger partial charge in [-0.1, -0.05) is 6.92 Å². The van der Waals surface area contributed by atoms with Crippen LogP contribution in [0.2, 0.25) is 0 Å². The molecule has 0 saturated carbocycles. The van der Waals surface area contributed by atoms with Gasteiger partial charge in [-0.25, -0.2) is 8.42 Å². The van der Waals surface area contributed by atoms with Gasteiger partial charge < -0.3 is 5.73 Å². The molecule has 0 aliphatic rings. The molecule has 0 aliphatic carbocycles. The molecule has 2 rings (SSSR count). The first kappa shape index (κ1) is 13.1. The van der Waals surface area contributed by atoms with Crippen LogP contribution in [0.25, 0.3) is 0 Å². The number of benzene rings is 1. The van der Waals surface area contributed by atoms with Gasteiger partial charge in [0.1, 0.15) is 0 Å². The maximum atomic E-state index is 12.2. The number of hydrogen-bond donors (Lipinski definition) is 1. The molecule has 0 amide bonds. The summed E-state index contributed by atoms with van der Waals surface area (Å²) in [6.07, 6.45) is 0.937. The minimum atomic E-state index is -3.27. The van der Waals surface area contributed by atoms with Crippen LogP contribution in [0.3, 0.4) is 0 Å². The van der Waals surface area contributed by atoms with Gasteiger partial charge in [0.25, 0.3) is 0 Å². The summed E-state index contributed by atoms with van der Waals surface area (Å²) in [4.78, 5) is 2.41. The summed E-state index contributed by atoms with van der Waals surface area (Å²) in [5.74, 6) is 0.0571. The molecule has 0 atom stereocenters. The van der Waals surface area contributed by atoms with Crippen molar-refractivity contribution in [1.82, 2.24) is 0 Å². The van der Waals surface area contributed by atoms with Crippen LogP contribution in [0.15, 0.2) is 41.3 Å². The topological polar surface area (TPSA) is 60.2 Å². The van der Waals surface area contributed by atoms with Gasteiger partial charge in [-0.05, 0) is 42.8 Å². The SMILES string of the molecule is CCc1ccc(CS(=O)(=O)c2ccc(N)cc2)s1. The molecule has 18 heavy (non-hydrogen) atoms. The van der Waals surface area contributed by atoms with Gasteiger partial charge in [-0.15, -0.1) is 11.3 Å². The predicted octanol–water partition coefficient (Wildman–Crippen LogP) is 2.87. The smallest absolute Gasteiger partial charge is 0.183 e. The number of anilines is 1. The van der Waals surface area contributed by atoms with Crippen molar-refractivity contribution in [2.75, 3.05) is 5.73 Å². The fraction of sp³-hybridized carbons (Fsp3) is 0.231. The lowest BCUT2D eigenvalue weighted by Crippen LogP contribution is -2.03. The molecular weight excluding hydrogens is 266 g/mol. The van der Waals surface area contributed by atoms with Crippen molar-refractivity contribution in [1.29, 1.82) is 0 Å². The molecule has 96 valence electrons. The van der Waals surface area contributed by atoms with Crippen LogP contribution in [0, 0.1) is 0 Å². The number of thiophene rings is 1. The van der Waals surface area contributed by atoms with Crippen LogP contribution in [0.4, 0.5) is 5.69 Å². The van der Waals surface area contributed by atoms with E-state index in [1.54, 1.807) is 35.6 Å². The van der Waals surface area contributed by atoms with E-state index in [1.165, 1.54) is 4.88 Å². The lowest BCUT2D eigenvalue weighted by molar-refractivity contribution is 0.595. The van der Waals surface area contributed by atoms with Crippen molar-refractivity contribution >= 4 is 26.9 Å². The molecule has 2 N–H and O–H groups in total. The summed E-state index contributed by atoms with van der Waals surface area (Å²) in [7, 11) is -3.27. The van der Waals surface area contributed by atoms with E-state index in [1.807, 2.05) is 12.1 Å². The Labute approximate surface area is 111 Å². The normalized spacial score (nSPS) is 11.6. The first-order valence-electron chi connectivity index (χ1n) is 5.67. The Morgan fingerprint density at radius 3 is 2.22 bits per heavy atom. The highest BCUT2D eigenvalue weighted by Crippen LogP contribution is 2.23. The molecule has 1 aromatic heterocycles. The Hall–Kier alpha value is -1.33. The van der Waals surface area contributed by atoms with Crippen LogP contribution >= 0.6 is 11.3 Å². The van der Waals surface area contributed by atoms with E-state index >= 15 is 0 Å². The highest BCUT2D eigenvalue weighted by Gasteiger charge is 2.16. The van der Waals surface area contributed by atoms with Crippen molar-refractivity contribution in [3.05, 3.63) is 46.2 Å². The van der Waals surface area contributed by atoms with Gasteiger partial charge in [0.05, 0.1) is 10.6 Å². The Balaban J connectivity index is 2.24. The van der Waals surface area contributed by atoms with Gasteiger partial charge in [0.2, 0.25) is 0 Å². The second-order valence-corrected chi connectivity index (χ2v) is 7.29. The molecule has 0 unspecified atom stereocenters. The number of aryl methyl sites for hydroxylation is 1. The molecule has 3 nitrogen and oxygen atoms in total. The zero-order valence-corrected chi connectivity index (χ0v) is 11.7. The monoisotopic (exact) mass is 281 g/mol. The van der Waals surface area contributed by atoms with E-state index in [-0.39, 0.29) is 5.75 Å². The number of hydrogen-bond acceptors (Lipinski definition) is 4. The quantitative estimate of drug-likeness (QED) is 0.877. The van der Waals surface area contributed by atoms with E-state index in [9.17, 15) is 8.42 Å². The molecule has 0 aliphatic heterocycles. The molecule has 2 aromatic rings. The number of nitrogen functional groups attached to an aromatic ring is 1. The average Bonchev–Trinajstić information content (AvgIpc) is 2.76. The Morgan fingerprint density at radius 2 is 1.67 bits per heavy atom. The van der Waals surface area contributed by atoms with Gasteiger partial charge >= 0.3 is 0 Å².